The molecule has 1 fully saturated rings. The third-order valence-electron chi connectivity index (χ3n) is 4.14. The summed E-state index contributed by atoms with van der Waals surface area (Å²) in [7, 11) is -3.65. The maximum Gasteiger partial charge on any atom is 0.310 e. The lowest BCUT2D eigenvalue weighted by Crippen LogP contribution is -2.47. The number of aliphatic carboxylic acids is 1. The molecule has 2 N–H and O–H groups in total. The van der Waals surface area contributed by atoms with Crippen molar-refractivity contribution in [3.05, 3.63) is 29.8 Å². The van der Waals surface area contributed by atoms with Crippen LogP contribution in [0.25, 0.3) is 0 Å². The Morgan fingerprint density at radius 2 is 1.90 bits per heavy atom. The molecule has 0 amide bonds. The van der Waals surface area contributed by atoms with Crippen molar-refractivity contribution < 1.29 is 18.3 Å². The van der Waals surface area contributed by atoms with Crippen LogP contribution in [0.15, 0.2) is 29.2 Å². The summed E-state index contributed by atoms with van der Waals surface area (Å²) in [5.41, 5.74) is 0.173. The van der Waals surface area contributed by atoms with E-state index in [0.29, 0.717) is 12.8 Å². The summed E-state index contributed by atoms with van der Waals surface area (Å²) in [6.45, 7) is 2.03. The third-order valence-corrected chi connectivity index (χ3v) is 5.55. The Bertz CT molecular complexity index is 603. The Morgan fingerprint density at radius 1 is 1.29 bits per heavy atom. The standard InChI is InChI=1S/C15H21NO4S/c1-2-4-12-5-7-13(8-6-12)21(19,20)16-11-15(14(17)18)9-3-10-15/h5-8,16H,2-4,9-11H2,1H3,(H,17,18). The molecular weight excluding hydrogens is 290 g/mol. The number of carboxylic acid groups (broad SMARTS) is 1. The number of carbonyl (C=O) groups is 1. The molecule has 0 aromatic heterocycles. The van der Waals surface area contributed by atoms with E-state index in [1.165, 1.54) is 0 Å². The molecule has 1 aliphatic rings. The number of benzene rings is 1. The van der Waals surface area contributed by atoms with E-state index >= 15 is 0 Å². The van der Waals surface area contributed by atoms with Gasteiger partial charge in [-0.3, -0.25) is 4.79 Å². The number of aryl methyl sites for hydroxylation is 1. The molecule has 0 unspecified atom stereocenters. The van der Waals surface area contributed by atoms with Crippen molar-refractivity contribution in [3.63, 3.8) is 0 Å². The number of rotatable bonds is 7. The van der Waals surface area contributed by atoms with Crippen molar-refractivity contribution in [2.75, 3.05) is 6.54 Å². The smallest absolute Gasteiger partial charge is 0.310 e. The molecule has 1 aliphatic carbocycles. The van der Waals surface area contributed by atoms with Gasteiger partial charge in [-0.2, -0.15) is 0 Å². The first kappa shape index (κ1) is 16.0. The lowest BCUT2D eigenvalue weighted by Gasteiger charge is -2.37. The number of hydrogen-bond donors (Lipinski definition) is 2. The molecule has 0 atom stereocenters. The van der Waals surface area contributed by atoms with Crippen LogP contribution in [0, 0.1) is 5.41 Å². The molecule has 0 bridgehead atoms. The third kappa shape index (κ3) is 3.44. The normalized spacial score (nSPS) is 17.2. The van der Waals surface area contributed by atoms with E-state index in [9.17, 15) is 18.3 Å². The highest BCUT2D eigenvalue weighted by molar-refractivity contribution is 7.89. The van der Waals surface area contributed by atoms with E-state index < -0.39 is 21.4 Å². The van der Waals surface area contributed by atoms with Crippen molar-refractivity contribution in [1.82, 2.24) is 4.72 Å². The average molecular weight is 311 g/mol. The van der Waals surface area contributed by atoms with Crippen molar-refractivity contribution >= 4 is 16.0 Å². The first-order valence-electron chi connectivity index (χ1n) is 7.22. The molecule has 1 saturated carbocycles. The topological polar surface area (TPSA) is 83.5 Å². The van der Waals surface area contributed by atoms with Crippen LogP contribution in [0.2, 0.25) is 0 Å². The summed E-state index contributed by atoms with van der Waals surface area (Å²) in [5.74, 6) is -0.922. The van der Waals surface area contributed by atoms with Crippen LogP contribution in [0.3, 0.4) is 0 Å². The molecule has 0 saturated heterocycles. The zero-order valence-electron chi connectivity index (χ0n) is 12.1. The summed E-state index contributed by atoms with van der Waals surface area (Å²) >= 11 is 0. The number of sulfonamides is 1. The fourth-order valence-corrected chi connectivity index (χ4v) is 3.64. The minimum atomic E-state index is -3.65. The maximum absolute atomic E-state index is 12.2. The molecule has 1 aromatic rings. The zero-order chi connectivity index (χ0) is 15.5. The van der Waals surface area contributed by atoms with E-state index in [1.807, 2.05) is 0 Å². The van der Waals surface area contributed by atoms with E-state index in [4.69, 9.17) is 0 Å². The number of carboxylic acids is 1. The zero-order valence-corrected chi connectivity index (χ0v) is 12.9. The van der Waals surface area contributed by atoms with E-state index in [0.717, 1.165) is 24.8 Å². The minimum absolute atomic E-state index is 0.0403. The van der Waals surface area contributed by atoms with Gasteiger partial charge in [0.2, 0.25) is 10.0 Å². The molecule has 2 rings (SSSR count). The first-order valence-corrected chi connectivity index (χ1v) is 8.70. The first-order chi connectivity index (χ1) is 9.89. The Kier molecular flexibility index (Phi) is 4.68. The molecule has 0 heterocycles. The molecule has 0 spiro atoms. The average Bonchev–Trinajstić information content (AvgIpc) is 2.38. The highest BCUT2D eigenvalue weighted by Crippen LogP contribution is 2.40. The van der Waals surface area contributed by atoms with Crippen LogP contribution in [0.5, 0.6) is 0 Å². The molecule has 0 radical (unpaired) electrons. The van der Waals surface area contributed by atoms with Gasteiger partial charge in [0, 0.05) is 6.54 Å². The van der Waals surface area contributed by atoms with Crippen LogP contribution in [0.4, 0.5) is 0 Å². The maximum atomic E-state index is 12.2. The molecule has 116 valence electrons. The van der Waals surface area contributed by atoms with Gasteiger partial charge in [-0.25, -0.2) is 13.1 Å². The summed E-state index contributed by atoms with van der Waals surface area (Å²) in [4.78, 5) is 11.4. The Morgan fingerprint density at radius 3 is 2.33 bits per heavy atom. The second-order valence-electron chi connectivity index (χ2n) is 5.66. The van der Waals surface area contributed by atoms with Gasteiger partial charge in [0.05, 0.1) is 10.3 Å². The molecule has 1 aromatic carbocycles. The Hall–Kier alpha value is -1.40. The molecular formula is C15H21NO4S. The van der Waals surface area contributed by atoms with Gasteiger partial charge in [0.15, 0.2) is 0 Å². The van der Waals surface area contributed by atoms with Crippen LogP contribution < -0.4 is 4.72 Å². The highest BCUT2D eigenvalue weighted by Gasteiger charge is 2.44. The van der Waals surface area contributed by atoms with Crippen molar-refractivity contribution in [3.8, 4) is 0 Å². The van der Waals surface area contributed by atoms with Gasteiger partial charge < -0.3 is 5.11 Å². The summed E-state index contributed by atoms with van der Waals surface area (Å²) in [6, 6.07) is 6.74. The van der Waals surface area contributed by atoms with E-state index in [-0.39, 0.29) is 11.4 Å². The number of nitrogens with one attached hydrogen (secondary N) is 1. The van der Waals surface area contributed by atoms with Gasteiger partial charge in [-0.05, 0) is 37.0 Å². The second-order valence-corrected chi connectivity index (χ2v) is 7.42. The van der Waals surface area contributed by atoms with Crippen molar-refractivity contribution in [2.45, 2.75) is 43.9 Å². The molecule has 5 nitrogen and oxygen atoms in total. The van der Waals surface area contributed by atoms with Crippen molar-refractivity contribution in [1.29, 1.82) is 0 Å². The van der Waals surface area contributed by atoms with Gasteiger partial charge in [-0.1, -0.05) is 31.9 Å². The fraction of sp³-hybridized carbons (Fsp3) is 0.533. The van der Waals surface area contributed by atoms with E-state index in [1.54, 1.807) is 24.3 Å². The molecule has 0 aliphatic heterocycles. The summed E-state index contributed by atoms with van der Waals surface area (Å²) in [6.07, 6.45) is 3.81. The monoisotopic (exact) mass is 311 g/mol. The number of hydrogen-bond acceptors (Lipinski definition) is 3. The van der Waals surface area contributed by atoms with Crippen LogP contribution in [0.1, 0.15) is 38.2 Å². The van der Waals surface area contributed by atoms with Gasteiger partial charge in [-0.15, -0.1) is 0 Å². The van der Waals surface area contributed by atoms with Crippen molar-refractivity contribution in [2.24, 2.45) is 5.41 Å². The fourth-order valence-electron chi connectivity index (χ4n) is 2.51. The van der Waals surface area contributed by atoms with E-state index in [2.05, 4.69) is 11.6 Å². The predicted octanol–water partition coefficient (Wildman–Crippen LogP) is 2.17. The summed E-state index contributed by atoms with van der Waals surface area (Å²) in [5, 5.41) is 9.21. The van der Waals surface area contributed by atoms with Crippen LogP contribution in [-0.4, -0.2) is 26.0 Å². The quantitative estimate of drug-likeness (QED) is 0.808. The molecule has 21 heavy (non-hydrogen) atoms. The molecule has 6 heteroatoms. The Balaban J connectivity index is 2.06. The lowest BCUT2D eigenvalue weighted by atomic mass is 9.69. The van der Waals surface area contributed by atoms with Gasteiger partial charge in [0.25, 0.3) is 0 Å². The van der Waals surface area contributed by atoms with Gasteiger partial charge in [0.1, 0.15) is 0 Å². The SMILES string of the molecule is CCCc1ccc(S(=O)(=O)NCC2(C(=O)O)CCC2)cc1. The predicted molar refractivity (Wildman–Crippen MR) is 79.5 cm³/mol. The highest BCUT2D eigenvalue weighted by atomic mass is 32.2. The minimum Gasteiger partial charge on any atom is -0.481 e. The Labute approximate surface area is 125 Å². The second kappa shape index (κ2) is 6.15. The van der Waals surface area contributed by atoms with Crippen LogP contribution >= 0.6 is 0 Å². The summed E-state index contributed by atoms with van der Waals surface area (Å²) < 4.78 is 26.9. The largest absolute Gasteiger partial charge is 0.481 e. The van der Waals surface area contributed by atoms with Gasteiger partial charge >= 0.3 is 5.97 Å². The lowest BCUT2D eigenvalue weighted by molar-refractivity contribution is -0.153. The van der Waals surface area contributed by atoms with Crippen LogP contribution in [-0.2, 0) is 21.2 Å².